The fourth-order valence-corrected chi connectivity index (χ4v) is 3.34. The number of hydrogen-bond donors (Lipinski definition) is 1. The molecule has 1 aromatic heterocycles. The lowest BCUT2D eigenvalue weighted by Crippen LogP contribution is -2.36. The van der Waals surface area contributed by atoms with Crippen molar-refractivity contribution in [1.82, 2.24) is 25.2 Å². The Labute approximate surface area is 138 Å². The van der Waals surface area contributed by atoms with Gasteiger partial charge in [-0.1, -0.05) is 23.4 Å². The zero-order valence-electron chi connectivity index (χ0n) is 14.2. The zero-order chi connectivity index (χ0) is 16.1. The molecule has 1 aliphatic rings. The Hall–Kier alpha value is -1.72. The van der Waals surface area contributed by atoms with E-state index < -0.39 is 0 Å². The summed E-state index contributed by atoms with van der Waals surface area (Å²) in [6.45, 7) is 5.69. The average Bonchev–Trinajstić information content (AvgIpc) is 3.11. The fraction of sp³-hybridized carbons (Fsp3) is 0.556. The van der Waals surface area contributed by atoms with E-state index in [0.29, 0.717) is 6.04 Å². The second kappa shape index (κ2) is 7.70. The van der Waals surface area contributed by atoms with Gasteiger partial charge in [-0.15, -0.1) is 5.10 Å². The van der Waals surface area contributed by atoms with Gasteiger partial charge in [0.05, 0.1) is 23.6 Å². The summed E-state index contributed by atoms with van der Waals surface area (Å²) in [5.74, 6) is 0.867. The number of likely N-dealkylation sites (tertiary alicyclic amines) is 1. The van der Waals surface area contributed by atoms with Gasteiger partial charge in [0.2, 0.25) is 0 Å². The summed E-state index contributed by atoms with van der Waals surface area (Å²) < 4.78 is 1.87. The maximum absolute atomic E-state index is 4.40. The van der Waals surface area contributed by atoms with Crippen LogP contribution < -0.4 is 5.32 Å². The van der Waals surface area contributed by atoms with Crippen LogP contribution in [0.2, 0.25) is 0 Å². The summed E-state index contributed by atoms with van der Waals surface area (Å²) in [6, 6.07) is 10.5. The first-order valence-electron chi connectivity index (χ1n) is 8.64. The van der Waals surface area contributed by atoms with Crippen molar-refractivity contribution in [2.75, 3.05) is 26.7 Å². The molecule has 2 heterocycles. The van der Waals surface area contributed by atoms with E-state index in [2.05, 4.69) is 45.8 Å². The first-order chi connectivity index (χ1) is 11.3. The molecule has 1 saturated heterocycles. The Bertz CT molecular complexity index is 586. The smallest absolute Gasteiger partial charge is 0.1000 e. The Morgan fingerprint density at radius 3 is 2.65 bits per heavy atom. The first-order valence-corrected chi connectivity index (χ1v) is 8.64. The van der Waals surface area contributed by atoms with Crippen LogP contribution in [0.4, 0.5) is 0 Å². The molecule has 2 aromatic rings. The van der Waals surface area contributed by atoms with Crippen molar-refractivity contribution in [1.29, 1.82) is 0 Å². The predicted molar refractivity (Wildman–Crippen MR) is 92.6 cm³/mol. The fourth-order valence-electron chi connectivity index (χ4n) is 3.34. The predicted octanol–water partition coefficient (Wildman–Crippen LogP) is 2.65. The van der Waals surface area contributed by atoms with Crippen LogP contribution >= 0.6 is 0 Å². The van der Waals surface area contributed by atoms with E-state index in [4.69, 9.17) is 0 Å². The molecular formula is C18H27N5. The van der Waals surface area contributed by atoms with Crippen molar-refractivity contribution >= 4 is 0 Å². The van der Waals surface area contributed by atoms with Crippen LogP contribution in [0.3, 0.4) is 0 Å². The number of rotatable bonds is 6. The van der Waals surface area contributed by atoms with Crippen LogP contribution in [0.5, 0.6) is 0 Å². The summed E-state index contributed by atoms with van der Waals surface area (Å²) in [5, 5.41) is 11.9. The maximum Gasteiger partial charge on any atom is 0.1000 e. The van der Waals surface area contributed by atoms with E-state index in [9.17, 15) is 0 Å². The van der Waals surface area contributed by atoms with Gasteiger partial charge in [-0.2, -0.15) is 0 Å². The molecule has 1 aliphatic heterocycles. The molecule has 0 spiro atoms. The van der Waals surface area contributed by atoms with Crippen LogP contribution in [0.1, 0.15) is 37.9 Å². The van der Waals surface area contributed by atoms with Crippen molar-refractivity contribution in [3.63, 3.8) is 0 Å². The Kier molecular flexibility index (Phi) is 5.41. The maximum atomic E-state index is 4.40. The molecule has 3 rings (SSSR count). The van der Waals surface area contributed by atoms with E-state index in [1.807, 2.05) is 29.9 Å². The van der Waals surface area contributed by atoms with E-state index in [-0.39, 0.29) is 0 Å². The lowest BCUT2D eigenvalue weighted by molar-refractivity contribution is 0.135. The Morgan fingerprint density at radius 2 is 1.96 bits per heavy atom. The van der Waals surface area contributed by atoms with Gasteiger partial charge in [0.15, 0.2) is 0 Å². The topological polar surface area (TPSA) is 46.0 Å². The second-order valence-electron chi connectivity index (χ2n) is 6.47. The van der Waals surface area contributed by atoms with Gasteiger partial charge in [-0.25, -0.2) is 4.68 Å². The van der Waals surface area contributed by atoms with Gasteiger partial charge in [0.25, 0.3) is 0 Å². The number of aromatic nitrogens is 3. The normalized spacial score (nSPS) is 18.2. The van der Waals surface area contributed by atoms with Crippen LogP contribution in [0, 0.1) is 5.92 Å². The molecule has 23 heavy (non-hydrogen) atoms. The monoisotopic (exact) mass is 313 g/mol. The minimum Gasteiger partial charge on any atom is -0.320 e. The van der Waals surface area contributed by atoms with Crippen molar-refractivity contribution in [2.45, 2.75) is 32.2 Å². The molecule has 124 valence electrons. The van der Waals surface area contributed by atoms with E-state index in [0.717, 1.165) is 36.9 Å². The molecule has 0 saturated carbocycles. The van der Waals surface area contributed by atoms with Crippen molar-refractivity contribution in [3.8, 4) is 5.69 Å². The van der Waals surface area contributed by atoms with Gasteiger partial charge in [0.1, 0.15) is 0 Å². The number of nitrogens with zero attached hydrogens (tertiary/aromatic N) is 4. The number of benzene rings is 1. The van der Waals surface area contributed by atoms with Crippen LogP contribution in [0.25, 0.3) is 5.69 Å². The highest BCUT2D eigenvalue weighted by Gasteiger charge is 2.24. The third-order valence-electron chi connectivity index (χ3n) is 4.96. The Balaban J connectivity index is 1.59. The molecule has 0 amide bonds. The summed E-state index contributed by atoms with van der Waals surface area (Å²) in [6.07, 6.45) is 5.94. The molecule has 1 N–H and O–H groups in total. The van der Waals surface area contributed by atoms with Gasteiger partial charge >= 0.3 is 0 Å². The SMILES string of the molecule is CNCCC1CCN(C(C)c2cn(-c3ccccc3)nn2)CC1. The second-order valence-corrected chi connectivity index (χ2v) is 6.47. The zero-order valence-corrected chi connectivity index (χ0v) is 14.2. The first kappa shape index (κ1) is 16.1. The van der Waals surface area contributed by atoms with Crippen LogP contribution in [0.15, 0.2) is 36.5 Å². The van der Waals surface area contributed by atoms with Crippen LogP contribution in [-0.4, -0.2) is 46.6 Å². The van der Waals surface area contributed by atoms with Gasteiger partial charge in [-0.05, 0) is 70.9 Å². The van der Waals surface area contributed by atoms with Crippen molar-refractivity contribution in [2.24, 2.45) is 5.92 Å². The summed E-state index contributed by atoms with van der Waals surface area (Å²) in [7, 11) is 2.03. The quantitative estimate of drug-likeness (QED) is 0.890. The average molecular weight is 313 g/mol. The summed E-state index contributed by atoms with van der Waals surface area (Å²) in [5.41, 5.74) is 2.12. The summed E-state index contributed by atoms with van der Waals surface area (Å²) in [4.78, 5) is 2.54. The molecule has 5 nitrogen and oxygen atoms in total. The van der Waals surface area contributed by atoms with Gasteiger partial charge in [-0.3, -0.25) is 4.90 Å². The molecule has 0 bridgehead atoms. The molecule has 1 fully saturated rings. The molecule has 1 aromatic carbocycles. The van der Waals surface area contributed by atoms with Crippen LogP contribution in [-0.2, 0) is 0 Å². The van der Waals surface area contributed by atoms with Crippen molar-refractivity contribution in [3.05, 3.63) is 42.2 Å². The van der Waals surface area contributed by atoms with Crippen molar-refractivity contribution < 1.29 is 0 Å². The highest BCUT2D eigenvalue weighted by molar-refractivity contribution is 5.30. The molecule has 1 atom stereocenters. The highest BCUT2D eigenvalue weighted by Crippen LogP contribution is 2.27. The standard InChI is InChI=1S/C18H27N5/c1-15(22-12-9-16(10-13-22)8-11-19-2)18-14-23(21-20-18)17-6-4-3-5-7-17/h3-7,14-16,19H,8-13H2,1-2H3. The molecule has 5 heteroatoms. The Morgan fingerprint density at radius 1 is 1.22 bits per heavy atom. The third-order valence-corrected chi connectivity index (χ3v) is 4.96. The number of hydrogen-bond acceptors (Lipinski definition) is 4. The molecule has 0 radical (unpaired) electrons. The molecule has 0 aliphatic carbocycles. The lowest BCUT2D eigenvalue weighted by Gasteiger charge is -2.35. The number of piperidine rings is 1. The van der Waals surface area contributed by atoms with E-state index in [1.54, 1.807) is 0 Å². The number of nitrogens with one attached hydrogen (secondary N) is 1. The minimum atomic E-state index is 0.331. The molecule has 1 unspecified atom stereocenters. The van der Waals surface area contributed by atoms with Gasteiger partial charge < -0.3 is 5.32 Å². The lowest BCUT2D eigenvalue weighted by atomic mass is 9.92. The van der Waals surface area contributed by atoms with E-state index >= 15 is 0 Å². The minimum absolute atomic E-state index is 0.331. The van der Waals surface area contributed by atoms with Gasteiger partial charge in [0, 0.05) is 0 Å². The highest BCUT2D eigenvalue weighted by atomic mass is 15.4. The number of para-hydroxylation sites is 1. The third kappa shape index (κ3) is 3.98. The molecular weight excluding hydrogens is 286 g/mol. The van der Waals surface area contributed by atoms with E-state index in [1.165, 1.54) is 19.3 Å². The summed E-state index contributed by atoms with van der Waals surface area (Å²) >= 11 is 0. The largest absolute Gasteiger partial charge is 0.320 e.